The molecular weight excluding hydrogens is 925 g/mol. The second-order valence-corrected chi connectivity index (χ2v) is 26.0. The maximum atomic E-state index is 13.0. The number of primary amides is 2. The third kappa shape index (κ3) is 9.00. The van der Waals surface area contributed by atoms with Crippen LogP contribution in [0.25, 0.3) is 0 Å². The topological polar surface area (TPSA) is 228 Å². The van der Waals surface area contributed by atoms with E-state index in [4.69, 9.17) is 50.0 Å². The molecule has 4 N–H and O–H groups in total. The van der Waals surface area contributed by atoms with Gasteiger partial charge in [0.1, 0.15) is 24.4 Å². The molecule has 404 valence electrons. The lowest BCUT2D eigenvalue weighted by atomic mass is 9.42. The van der Waals surface area contributed by atoms with Crippen LogP contribution in [0, 0.1) is 92.7 Å². The minimum absolute atomic E-state index is 0.00924. The van der Waals surface area contributed by atoms with Gasteiger partial charge in [-0.05, 0) is 147 Å². The zero-order chi connectivity index (χ0) is 52.1. The predicted molar refractivity (Wildman–Crippen MR) is 259 cm³/mol. The van der Waals surface area contributed by atoms with Crippen LogP contribution in [0.5, 0.6) is 0 Å². The van der Waals surface area contributed by atoms with E-state index in [0.29, 0.717) is 77.0 Å². The third-order valence-corrected chi connectivity index (χ3v) is 22.6. The molecule has 2 amide bonds. The Kier molecular flexibility index (Phi) is 14.4. The molecule has 0 bridgehead atoms. The quantitative estimate of drug-likeness (QED) is 0.106. The van der Waals surface area contributed by atoms with Gasteiger partial charge < -0.3 is 30.4 Å². The number of rotatable bonds is 12. The Bertz CT molecular complexity index is 1980. The van der Waals surface area contributed by atoms with Crippen molar-refractivity contribution in [2.75, 3.05) is 0 Å². The first kappa shape index (κ1) is 53.5. The van der Waals surface area contributed by atoms with Gasteiger partial charge in [-0.25, -0.2) is 0 Å². The summed E-state index contributed by atoms with van der Waals surface area (Å²) in [5.74, 6) is -3.05. The van der Waals surface area contributed by atoms with Crippen molar-refractivity contribution in [3.8, 4) is 0 Å². The Morgan fingerprint density at radius 1 is 0.500 bits per heavy atom. The number of carbonyl (C=O) groups is 6. The van der Waals surface area contributed by atoms with E-state index in [0.717, 1.165) is 38.5 Å². The molecule has 10 unspecified atom stereocenters. The summed E-state index contributed by atoms with van der Waals surface area (Å²) in [7, 11) is 0. The smallest absolute Gasteiger partial charge is 0.302 e. The van der Waals surface area contributed by atoms with E-state index in [1.165, 1.54) is 27.7 Å². The fraction of sp³-hybridized carbons (Fsp3) is 0.893. The lowest BCUT2D eigenvalue weighted by Gasteiger charge is -2.66. The van der Waals surface area contributed by atoms with Gasteiger partial charge in [-0.2, -0.15) is 19.6 Å². The molecule has 16 heteroatoms. The highest BCUT2D eigenvalue weighted by atomic mass is 17.4. The normalized spacial score (nSPS) is 47.8. The summed E-state index contributed by atoms with van der Waals surface area (Å²) in [6.07, 6.45) is 10.1. The Hall–Kier alpha value is -3.34. The predicted octanol–water partition coefficient (Wildman–Crippen LogP) is 8.58. The zero-order valence-electron chi connectivity index (χ0n) is 44.8. The molecule has 2 spiro atoms. The van der Waals surface area contributed by atoms with E-state index in [1.807, 2.05) is 0 Å². The summed E-state index contributed by atoms with van der Waals surface area (Å²) in [6, 6.07) is 0. The Morgan fingerprint density at radius 3 is 1.17 bits per heavy atom. The SMILES string of the molecule is CC(=O)OC1C[C@@H]2CC3(CC[C@]2(C)C2C[C@H](OC(C)=O)[C@@]4(C)C(CC[C@@H]4C(C)CCC(N)=O)C12)OOC1(CC[C@]2(C)C4C[C@H](OC(C)=O)[C@@]5(C)C(CC[C@@H]5C(C)CCC(N)=O)C4C(OC(C)=O)C[C@@H]2C1)OO3. The summed E-state index contributed by atoms with van der Waals surface area (Å²) in [5.41, 5.74) is 9.99. The van der Waals surface area contributed by atoms with Gasteiger partial charge in [0.05, 0.1) is 0 Å². The van der Waals surface area contributed by atoms with Gasteiger partial charge in [-0.3, -0.25) is 28.8 Å². The van der Waals surface area contributed by atoms with Gasteiger partial charge in [-0.1, -0.05) is 41.5 Å². The van der Waals surface area contributed by atoms with Crippen LogP contribution in [0.1, 0.15) is 185 Å². The lowest BCUT2D eigenvalue weighted by molar-refractivity contribution is -0.667. The van der Waals surface area contributed by atoms with Gasteiger partial charge in [0.15, 0.2) is 0 Å². The summed E-state index contributed by atoms with van der Waals surface area (Å²) in [5, 5.41) is 0. The minimum atomic E-state index is -1.20. The number of esters is 4. The van der Waals surface area contributed by atoms with E-state index in [9.17, 15) is 28.8 Å². The monoisotopic (exact) mass is 1010 g/mol. The Labute approximate surface area is 426 Å². The maximum Gasteiger partial charge on any atom is 0.302 e. The van der Waals surface area contributed by atoms with Crippen molar-refractivity contribution >= 4 is 35.7 Å². The summed E-state index contributed by atoms with van der Waals surface area (Å²) < 4.78 is 25.4. The molecule has 8 saturated carbocycles. The second-order valence-electron chi connectivity index (χ2n) is 26.0. The molecule has 1 aliphatic heterocycles. The van der Waals surface area contributed by atoms with Crippen molar-refractivity contribution in [1.29, 1.82) is 0 Å². The van der Waals surface area contributed by atoms with Gasteiger partial charge in [0, 0.05) is 88.9 Å². The molecule has 72 heavy (non-hydrogen) atoms. The highest BCUT2D eigenvalue weighted by molar-refractivity contribution is 5.74. The van der Waals surface area contributed by atoms with E-state index < -0.39 is 11.6 Å². The molecular formula is C56H86N2O14. The summed E-state index contributed by atoms with van der Waals surface area (Å²) in [6.45, 7) is 19.5. The first-order valence-electron chi connectivity index (χ1n) is 27.8. The molecule has 8 aliphatic carbocycles. The molecule has 1 saturated heterocycles. The number of hydrogen-bond acceptors (Lipinski definition) is 14. The highest BCUT2D eigenvalue weighted by Crippen LogP contribution is 2.73. The van der Waals surface area contributed by atoms with Gasteiger partial charge in [-0.15, -0.1) is 0 Å². The fourth-order valence-corrected chi connectivity index (χ4v) is 19.3. The average molecular weight is 1010 g/mol. The number of amides is 2. The van der Waals surface area contributed by atoms with E-state index in [2.05, 4.69) is 41.5 Å². The molecule has 0 aromatic heterocycles. The molecule has 20 atom stereocenters. The molecule has 0 aromatic rings. The molecule has 16 nitrogen and oxygen atoms in total. The van der Waals surface area contributed by atoms with Crippen LogP contribution >= 0.6 is 0 Å². The number of carbonyl (C=O) groups excluding carboxylic acids is 6. The number of hydrogen-bond donors (Lipinski definition) is 2. The minimum Gasteiger partial charge on any atom is -0.462 e. The largest absolute Gasteiger partial charge is 0.462 e. The third-order valence-electron chi connectivity index (χ3n) is 22.6. The van der Waals surface area contributed by atoms with E-state index >= 15 is 0 Å². The van der Waals surface area contributed by atoms with Crippen molar-refractivity contribution in [3.63, 3.8) is 0 Å². The van der Waals surface area contributed by atoms with E-state index in [1.54, 1.807) is 0 Å². The maximum absolute atomic E-state index is 13.0. The summed E-state index contributed by atoms with van der Waals surface area (Å²) in [4.78, 5) is 102. The molecule has 9 rings (SSSR count). The zero-order valence-corrected chi connectivity index (χ0v) is 44.8. The van der Waals surface area contributed by atoms with Crippen molar-refractivity contribution in [2.24, 2.45) is 104 Å². The van der Waals surface area contributed by atoms with Crippen molar-refractivity contribution in [2.45, 2.75) is 221 Å². The number of fused-ring (bicyclic) bond motifs is 10. The molecule has 0 radical (unpaired) electrons. The van der Waals surface area contributed by atoms with Gasteiger partial charge in [0.25, 0.3) is 0 Å². The van der Waals surface area contributed by atoms with Crippen LogP contribution in [0.15, 0.2) is 0 Å². The van der Waals surface area contributed by atoms with Crippen LogP contribution in [-0.2, 0) is 67.3 Å². The first-order chi connectivity index (χ1) is 33.8. The Balaban J connectivity index is 0.934. The highest BCUT2D eigenvalue weighted by Gasteiger charge is 2.72. The van der Waals surface area contributed by atoms with Gasteiger partial charge in [0.2, 0.25) is 23.4 Å². The van der Waals surface area contributed by atoms with E-state index in [-0.39, 0.29) is 153 Å². The second kappa shape index (κ2) is 19.3. The number of nitrogens with two attached hydrogens (primary N) is 2. The first-order valence-corrected chi connectivity index (χ1v) is 27.8. The molecule has 1 heterocycles. The van der Waals surface area contributed by atoms with Crippen LogP contribution in [0.3, 0.4) is 0 Å². The van der Waals surface area contributed by atoms with Crippen LogP contribution in [0.4, 0.5) is 0 Å². The van der Waals surface area contributed by atoms with Crippen molar-refractivity contribution < 1.29 is 67.3 Å². The number of ether oxygens (including phenoxy) is 4. The van der Waals surface area contributed by atoms with Crippen LogP contribution in [0.2, 0.25) is 0 Å². The van der Waals surface area contributed by atoms with Crippen LogP contribution in [-0.4, -0.2) is 71.7 Å². The fourth-order valence-electron chi connectivity index (χ4n) is 19.3. The Morgan fingerprint density at radius 2 is 0.847 bits per heavy atom. The van der Waals surface area contributed by atoms with Gasteiger partial charge >= 0.3 is 23.9 Å². The van der Waals surface area contributed by atoms with Crippen molar-refractivity contribution in [3.05, 3.63) is 0 Å². The average Bonchev–Trinajstić information content (AvgIpc) is 3.85. The lowest BCUT2D eigenvalue weighted by Crippen LogP contribution is -2.66. The van der Waals surface area contributed by atoms with Crippen LogP contribution < -0.4 is 11.5 Å². The molecule has 9 fully saturated rings. The molecule has 9 aliphatic rings. The summed E-state index contributed by atoms with van der Waals surface area (Å²) >= 11 is 0. The standard InChI is InChI=1S/C56H86N2O14/c1-29(11-17-47(57)63)37-13-15-39-49-41(25-45(53(37,39)9)67-33(5)61)51(7)19-21-55(27-35(51)23-43(49)65-31(3)59)69-71-56(72-70-55)22-20-52(8)36(28-56)24-44(66-32(4)60)50-40-16-14-38(30(2)12-18-48(58)64)54(40,10)46(26-42(50)52)68-34(6)62/h29-30,35-46,49-50H,11-28H2,1-10H3,(H2,57,63)(H2,58,64)/t29?,30?,35-,36-,37-,38-,39?,40?,41?,42?,43?,44?,45+,46+,49?,50?,51+,52+,53-,54-,55?,56?/m1/s1. The van der Waals surface area contributed by atoms with Crippen molar-refractivity contribution in [1.82, 2.24) is 0 Å². The molecule has 0 aromatic carbocycles.